The molecule has 0 spiro atoms. The summed E-state index contributed by atoms with van der Waals surface area (Å²) in [7, 11) is -3.96. The smallest absolute Gasteiger partial charge is 0.271 e. The summed E-state index contributed by atoms with van der Waals surface area (Å²) in [5, 5.41) is 13.9. The highest BCUT2D eigenvalue weighted by Gasteiger charge is 2.30. The summed E-state index contributed by atoms with van der Waals surface area (Å²) in [5.74, 6) is -0.975. The molecular formula is C22H28N4O6S. The Bertz CT molecular complexity index is 1090. The van der Waals surface area contributed by atoms with Gasteiger partial charge in [-0.15, -0.1) is 0 Å². The minimum absolute atomic E-state index is 0.0113. The summed E-state index contributed by atoms with van der Waals surface area (Å²) < 4.78 is 25.8. The molecule has 1 N–H and O–H groups in total. The Labute approximate surface area is 193 Å². The van der Waals surface area contributed by atoms with Gasteiger partial charge in [0.25, 0.3) is 5.69 Å². The monoisotopic (exact) mass is 476 g/mol. The molecule has 33 heavy (non-hydrogen) atoms. The summed E-state index contributed by atoms with van der Waals surface area (Å²) in [6.45, 7) is 3.40. The minimum Gasteiger partial charge on any atom is -0.354 e. The molecule has 2 amide bonds. The molecule has 0 aliphatic carbocycles. The highest BCUT2D eigenvalue weighted by atomic mass is 32.2. The number of hydrogen-bond donors (Lipinski definition) is 1. The summed E-state index contributed by atoms with van der Waals surface area (Å²) in [5.41, 5.74) is 0.451. The number of non-ortho nitro benzene ring substituents is 1. The Balaban J connectivity index is 2.38. The van der Waals surface area contributed by atoms with Crippen LogP contribution in [-0.4, -0.2) is 55.4 Å². The van der Waals surface area contributed by atoms with Gasteiger partial charge in [0, 0.05) is 25.2 Å². The van der Waals surface area contributed by atoms with Crippen LogP contribution in [-0.2, 0) is 26.2 Å². The number of hydrogen-bond acceptors (Lipinski definition) is 6. The molecule has 0 saturated carbocycles. The number of carbonyl (C=O) groups is 2. The van der Waals surface area contributed by atoms with Gasteiger partial charge in [-0.25, -0.2) is 8.42 Å². The van der Waals surface area contributed by atoms with E-state index in [9.17, 15) is 28.1 Å². The molecule has 1 atom stereocenters. The van der Waals surface area contributed by atoms with Gasteiger partial charge in [-0.05, 0) is 25.0 Å². The van der Waals surface area contributed by atoms with Crippen molar-refractivity contribution in [2.45, 2.75) is 32.9 Å². The van der Waals surface area contributed by atoms with E-state index in [2.05, 4.69) is 5.32 Å². The molecule has 0 bridgehead atoms. The zero-order valence-electron chi connectivity index (χ0n) is 18.8. The first kappa shape index (κ1) is 25.8. The highest BCUT2D eigenvalue weighted by molar-refractivity contribution is 7.92. The number of rotatable bonds is 11. The SMILES string of the molecule is CCCNC(=O)[C@@H](C)N(Cc1ccccc1)C(=O)CN(c1cccc([N+](=O)[O-])c1)S(C)(=O)=O. The van der Waals surface area contributed by atoms with E-state index in [4.69, 9.17) is 0 Å². The van der Waals surface area contributed by atoms with Gasteiger partial charge in [-0.2, -0.15) is 0 Å². The van der Waals surface area contributed by atoms with E-state index < -0.39 is 33.4 Å². The van der Waals surface area contributed by atoms with Gasteiger partial charge in [0.1, 0.15) is 12.6 Å². The van der Waals surface area contributed by atoms with E-state index in [1.54, 1.807) is 31.2 Å². The molecule has 2 rings (SSSR count). The van der Waals surface area contributed by atoms with Crippen molar-refractivity contribution in [1.82, 2.24) is 10.2 Å². The Morgan fingerprint density at radius 1 is 1.12 bits per heavy atom. The lowest BCUT2D eigenvalue weighted by Crippen LogP contribution is -2.51. The lowest BCUT2D eigenvalue weighted by Gasteiger charge is -2.31. The molecule has 0 aromatic heterocycles. The normalized spacial score (nSPS) is 12.0. The second-order valence-electron chi connectivity index (χ2n) is 7.52. The van der Waals surface area contributed by atoms with Crippen molar-refractivity contribution in [2.24, 2.45) is 0 Å². The second-order valence-corrected chi connectivity index (χ2v) is 9.43. The zero-order chi connectivity index (χ0) is 24.6. The van der Waals surface area contributed by atoms with Crippen LogP contribution in [0.1, 0.15) is 25.8 Å². The van der Waals surface area contributed by atoms with Gasteiger partial charge in [0.15, 0.2) is 0 Å². The number of benzene rings is 2. The van der Waals surface area contributed by atoms with Gasteiger partial charge in [-0.3, -0.25) is 24.0 Å². The number of anilines is 1. The van der Waals surface area contributed by atoms with Gasteiger partial charge < -0.3 is 10.2 Å². The molecule has 0 aliphatic heterocycles. The van der Waals surface area contributed by atoms with Crippen LogP contribution in [0.3, 0.4) is 0 Å². The van der Waals surface area contributed by atoms with E-state index >= 15 is 0 Å². The van der Waals surface area contributed by atoms with Crippen molar-refractivity contribution >= 4 is 33.2 Å². The lowest BCUT2D eigenvalue weighted by molar-refractivity contribution is -0.384. The average molecular weight is 477 g/mol. The van der Waals surface area contributed by atoms with Crippen LogP contribution in [0.4, 0.5) is 11.4 Å². The van der Waals surface area contributed by atoms with Crippen LogP contribution >= 0.6 is 0 Å². The third kappa shape index (κ3) is 7.28. The van der Waals surface area contributed by atoms with E-state index in [-0.39, 0.29) is 23.8 Å². The van der Waals surface area contributed by atoms with E-state index in [0.29, 0.717) is 6.54 Å². The Morgan fingerprint density at radius 2 is 1.79 bits per heavy atom. The first-order valence-corrected chi connectivity index (χ1v) is 12.2. The third-order valence-corrected chi connectivity index (χ3v) is 6.06. The Hall–Kier alpha value is -3.47. The van der Waals surface area contributed by atoms with Crippen molar-refractivity contribution in [3.05, 3.63) is 70.3 Å². The fourth-order valence-electron chi connectivity index (χ4n) is 3.13. The summed E-state index contributed by atoms with van der Waals surface area (Å²) in [4.78, 5) is 37.7. The fraction of sp³-hybridized carbons (Fsp3) is 0.364. The quantitative estimate of drug-likeness (QED) is 0.391. The van der Waals surface area contributed by atoms with Crippen molar-refractivity contribution in [3.8, 4) is 0 Å². The van der Waals surface area contributed by atoms with Gasteiger partial charge in [0.2, 0.25) is 21.8 Å². The molecule has 2 aromatic carbocycles. The Morgan fingerprint density at radius 3 is 2.36 bits per heavy atom. The van der Waals surface area contributed by atoms with E-state index in [0.717, 1.165) is 28.6 Å². The topological polar surface area (TPSA) is 130 Å². The number of nitro benzene ring substituents is 1. The number of carbonyl (C=O) groups excluding carboxylic acids is 2. The lowest BCUT2D eigenvalue weighted by atomic mass is 10.1. The van der Waals surface area contributed by atoms with Crippen molar-refractivity contribution in [3.63, 3.8) is 0 Å². The fourth-order valence-corrected chi connectivity index (χ4v) is 3.98. The molecule has 2 aromatic rings. The predicted molar refractivity (Wildman–Crippen MR) is 125 cm³/mol. The molecule has 10 nitrogen and oxygen atoms in total. The van der Waals surface area contributed by atoms with Gasteiger partial charge in [0.05, 0.1) is 16.9 Å². The van der Waals surface area contributed by atoms with Crippen LogP contribution in [0, 0.1) is 10.1 Å². The van der Waals surface area contributed by atoms with Crippen LogP contribution in [0.5, 0.6) is 0 Å². The maximum absolute atomic E-state index is 13.3. The molecule has 178 valence electrons. The van der Waals surface area contributed by atoms with Crippen LogP contribution in [0.2, 0.25) is 0 Å². The predicted octanol–water partition coefficient (Wildman–Crippen LogP) is 2.30. The number of amides is 2. The van der Waals surface area contributed by atoms with Crippen molar-refractivity contribution < 1.29 is 22.9 Å². The molecule has 11 heteroatoms. The molecule has 0 heterocycles. The summed E-state index contributed by atoms with van der Waals surface area (Å²) in [6, 6.07) is 13.2. The highest BCUT2D eigenvalue weighted by Crippen LogP contribution is 2.23. The van der Waals surface area contributed by atoms with Crippen molar-refractivity contribution in [2.75, 3.05) is 23.7 Å². The first-order valence-electron chi connectivity index (χ1n) is 10.4. The number of nitrogens with one attached hydrogen (secondary N) is 1. The van der Waals surface area contributed by atoms with Gasteiger partial charge >= 0.3 is 0 Å². The number of nitrogens with zero attached hydrogens (tertiary/aromatic N) is 3. The third-order valence-electron chi connectivity index (χ3n) is 4.92. The maximum Gasteiger partial charge on any atom is 0.271 e. The summed E-state index contributed by atoms with van der Waals surface area (Å²) >= 11 is 0. The number of sulfonamides is 1. The standard InChI is InChI=1S/C22H28N4O6S/c1-4-13-23-22(28)17(2)24(15-18-9-6-5-7-10-18)21(27)16-25(33(3,31)32)19-11-8-12-20(14-19)26(29)30/h5-12,14,17H,4,13,15-16H2,1-3H3,(H,23,28)/t17-/m1/s1. The molecule has 0 unspecified atom stereocenters. The Kier molecular flexibility index (Phi) is 8.92. The maximum atomic E-state index is 13.3. The van der Waals surface area contributed by atoms with Crippen LogP contribution in [0.15, 0.2) is 54.6 Å². The largest absolute Gasteiger partial charge is 0.354 e. The molecule has 0 saturated heterocycles. The van der Waals surface area contributed by atoms with Crippen LogP contribution in [0.25, 0.3) is 0 Å². The second kappa shape index (κ2) is 11.4. The molecule has 0 fully saturated rings. The number of nitro groups is 1. The first-order chi connectivity index (χ1) is 15.5. The summed E-state index contributed by atoms with van der Waals surface area (Å²) in [6.07, 6.45) is 1.64. The van der Waals surface area contributed by atoms with Crippen molar-refractivity contribution in [1.29, 1.82) is 0 Å². The minimum atomic E-state index is -3.96. The van der Waals surface area contributed by atoms with Gasteiger partial charge in [-0.1, -0.05) is 43.3 Å². The zero-order valence-corrected chi connectivity index (χ0v) is 19.6. The molecule has 0 aliphatic rings. The van der Waals surface area contributed by atoms with Crippen LogP contribution < -0.4 is 9.62 Å². The average Bonchev–Trinajstić information content (AvgIpc) is 2.78. The molecule has 0 radical (unpaired) electrons. The van der Waals surface area contributed by atoms with E-state index in [1.807, 2.05) is 13.0 Å². The van der Waals surface area contributed by atoms with E-state index in [1.165, 1.54) is 23.1 Å². The molecular weight excluding hydrogens is 448 g/mol.